The van der Waals surface area contributed by atoms with Crippen molar-refractivity contribution >= 4 is 56.5 Å². The Morgan fingerprint density at radius 2 is 2.16 bits per heavy atom. The van der Waals surface area contributed by atoms with Gasteiger partial charge in [-0.25, -0.2) is 12.8 Å². The molecule has 1 saturated heterocycles. The molecule has 0 spiro atoms. The summed E-state index contributed by atoms with van der Waals surface area (Å²) in [6.07, 6.45) is 1.54. The number of nitrogens with zero attached hydrogens (tertiary/aromatic N) is 2. The summed E-state index contributed by atoms with van der Waals surface area (Å²) < 4.78 is 42.2. The van der Waals surface area contributed by atoms with Crippen LogP contribution in [0.25, 0.3) is 6.08 Å². The van der Waals surface area contributed by atoms with Crippen molar-refractivity contribution in [1.82, 2.24) is 9.62 Å². The lowest BCUT2D eigenvalue weighted by Crippen LogP contribution is -2.41. The second-order valence-electron chi connectivity index (χ2n) is 7.06. The summed E-state index contributed by atoms with van der Waals surface area (Å²) in [6, 6.07) is 5.99. The number of thiophene rings is 1. The predicted octanol–water partition coefficient (Wildman–Crippen LogP) is 2.30. The van der Waals surface area contributed by atoms with Crippen LogP contribution in [0.2, 0.25) is 4.34 Å². The van der Waals surface area contributed by atoms with Crippen LogP contribution in [0.15, 0.2) is 35.7 Å². The van der Waals surface area contributed by atoms with Crippen molar-refractivity contribution in [2.45, 2.75) is 12.5 Å². The number of hydrogen-bond acceptors (Lipinski definition) is 6. The van der Waals surface area contributed by atoms with E-state index in [0.717, 1.165) is 16.4 Å². The lowest BCUT2D eigenvalue weighted by molar-refractivity contribution is -0.118. The number of carbonyl (C=O) groups excluding carboxylic acids is 2. The molecule has 0 bridgehead atoms. The first-order valence-corrected chi connectivity index (χ1v) is 12.3. The number of benzene rings is 1. The number of hydrogen-bond donors (Lipinski definition) is 2. The number of likely N-dealkylation sites (N-methyl/N-ethyl adjacent to an activating group) is 1. The number of amides is 2. The Bertz CT molecular complexity index is 1150. The fourth-order valence-corrected chi connectivity index (χ4v) is 5.24. The molecule has 2 N–H and O–H groups in total. The van der Waals surface area contributed by atoms with E-state index >= 15 is 0 Å². The molecule has 1 unspecified atom stereocenters. The van der Waals surface area contributed by atoms with Gasteiger partial charge in [-0.2, -0.15) is 4.72 Å². The molecule has 1 atom stereocenters. The summed E-state index contributed by atoms with van der Waals surface area (Å²) in [7, 11) is -2.44. The summed E-state index contributed by atoms with van der Waals surface area (Å²) in [5, 5.41) is 9.89. The molecule has 2 heterocycles. The van der Waals surface area contributed by atoms with Crippen LogP contribution in [0.5, 0.6) is 0 Å². The fourth-order valence-electron chi connectivity index (χ4n) is 3.17. The first-order chi connectivity index (χ1) is 15.1. The van der Waals surface area contributed by atoms with Crippen LogP contribution in [0, 0.1) is 5.82 Å². The molecule has 1 aromatic heterocycles. The largest absolute Gasteiger partial charge is 0.395 e. The van der Waals surface area contributed by atoms with Gasteiger partial charge in [0, 0.05) is 36.0 Å². The van der Waals surface area contributed by atoms with Crippen LogP contribution in [0.3, 0.4) is 0 Å². The predicted molar refractivity (Wildman–Crippen MR) is 122 cm³/mol. The van der Waals surface area contributed by atoms with Gasteiger partial charge >= 0.3 is 0 Å². The number of carbonyl (C=O) groups is 2. The minimum Gasteiger partial charge on any atom is -0.395 e. The van der Waals surface area contributed by atoms with Crippen molar-refractivity contribution in [1.29, 1.82) is 0 Å². The van der Waals surface area contributed by atoms with Gasteiger partial charge in [-0.3, -0.25) is 9.59 Å². The number of nitrogens with one attached hydrogen (secondary N) is 1. The Hall–Kier alpha value is -2.31. The lowest BCUT2D eigenvalue weighted by atomic mass is 10.1. The van der Waals surface area contributed by atoms with Crippen molar-refractivity contribution in [3.63, 3.8) is 0 Å². The third-order valence-corrected chi connectivity index (χ3v) is 7.09. The maximum absolute atomic E-state index is 14.7. The molecule has 2 amide bonds. The maximum atomic E-state index is 14.7. The molecule has 0 aliphatic carbocycles. The minimum atomic E-state index is -3.91. The Morgan fingerprint density at radius 1 is 1.41 bits per heavy atom. The molecule has 2 aromatic rings. The van der Waals surface area contributed by atoms with Gasteiger partial charge in [0.15, 0.2) is 0 Å². The Kier molecular flexibility index (Phi) is 7.67. The van der Waals surface area contributed by atoms with Gasteiger partial charge in [-0.1, -0.05) is 11.6 Å². The van der Waals surface area contributed by atoms with E-state index in [2.05, 4.69) is 4.72 Å². The molecule has 0 radical (unpaired) electrons. The van der Waals surface area contributed by atoms with E-state index in [9.17, 15) is 22.4 Å². The lowest BCUT2D eigenvalue weighted by Gasteiger charge is -2.19. The molecular weight excluding hydrogens is 481 g/mol. The molecule has 172 valence electrons. The van der Waals surface area contributed by atoms with Crippen molar-refractivity contribution < 1.29 is 27.5 Å². The summed E-state index contributed by atoms with van der Waals surface area (Å²) in [4.78, 5) is 28.0. The second-order valence-corrected chi connectivity index (χ2v) is 10.4. The molecule has 8 nitrogen and oxygen atoms in total. The van der Waals surface area contributed by atoms with Gasteiger partial charge in [-0.15, -0.1) is 11.3 Å². The first-order valence-electron chi connectivity index (χ1n) is 9.54. The van der Waals surface area contributed by atoms with Crippen LogP contribution in [-0.4, -0.2) is 63.0 Å². The number of aliphatic hydroxyl groups is 1. The molecule has 1 fully saturated rings. The van der Waals surface area contributed by atoms with E-state index in [4.69, 9.17) is 16.7 Å². The number of aliphatic hydroxyl groups excluding tert-OH is 1. The highest BCUT2D eigenvalue weighted by atomic mass is 35.5. The average Bonchev–Trinajstić information content (AvgIpc) is 3.31. The highest BCUT2D eigenvalue weighted by Crippen LogP contribution is 2.27. The van der Waals surface area contributed by atoms with Gasteiger partial charge in [-0.05, 0) is 42.8 Å². The maximum Gasteiger partial charge on any atom is 0.253 e. The molecule has 32 heavy (non-hydrogen) atoms. The average molecular weight is 502 g/mol. The SMILES string of the molecule is CN(CCO)C(=O)c1ccc(N2CCC(NS(=O)(=O)/C=C/c3ccc(Cl)s3)C2=O)c(F)c1. The van der Waals surface area contributed by atoms with Crippen molar-refractivity contribution in [3.8, 4) is 0 Å². The van der Waals surface area contributed by atoms with Gasteiger partial charge in [0.05, 0.1) is 16.6 Å². The van der Waals surface area contributed by atoms with Gasteiger partial charge in [0.2, 0.25) is 15.9 Å². The summed E-state index contributed by atoms with van der Waals surface area (Å²) in [6.45, 7) is -0.00779. The minimum absolute atomic E-state index is 0.0400. The molecule has 3 rings (SSSR count). The van der Waals surface area contributed by atoms with E-state index in [0.29, 0.717) is 9.21 Å². The smallest absolute Gasteiger partial charge is 0.253 e. The van der Waals surface area contributed by atoms with E-state index < -0.39 is 33.7 Å². The Labute approximate surface area is 193 Å². The van der Waals surface area contributed by atoms with Crippen LogP contribution in [-0.2, 0) is 14.8 Å². The number of anilines is 1. The van der Waals surface area contributed by atoms with E-state index in [1.54, 1.807) is 12.1 Å². The van der Waals surface area contributed by atoms with E-state index in [-0.39, 0.29) is 37.4 Å². The highest BCUT2D eigenvalue weighted by molar-refractivity contribution is 7.92. The zero-order valence-corrected chi connectivity index (χ0v) is 19.4. The van der Waals surface area contributed by atoms with Crippen LogP contribution in [0.4, 0.5) is 10.1 Å². The summed E-state index contributed by atoms with van der Waals surface area (Å²) in [5.74, 6) is -1.84. The van der Waals surface area contributed by atoms with Gasteiger partial charge in [0.1, 0.15) is 11.9 Å². The Balaban J connectivity index is 1.69. The quantitative estimate of drug-likeness (QED) is 0.577. The van der Waals surface area contributed by atoms with Crippen LogP contribution >= 0.6 is 22.9 Å². The topological polar surface area (TPSA) is 107 Å². The summed E-state index contributed by atoms with van der Waals surface area (Å²) >= 11 is 7.03. The zero-order valence-electron chi connectivity index (χ0n) is 17.0. The first kappa shape index (κ1) is 24.3. The highest BCUT2D eigenvalue weighted by Gasteiger charge is 2.36. The molecule has 1 aromatic carbocycles. The standard InChI is InChI=1S/C20H21ClFN3O5S2/c1-24(9-10-26)19(27)13-2-4-17(15(22)12-13)25-8-6-16(20(25)28)23-32(29,30)11-7-14-3-5-18(21)31-14/h2-5,7,11-12,16,23,26H,6,8-10H2,1H3/b11-7+. The molecule has 1 aliphatic rings. The van der Waals surface area contributed by atoms with Crippen molar-refractivity contribution in [2.24, 2.45) is 0 Å². The molecule has 12 heteroatoms. The van der Waals surface area contributed by atoms with Crippen molar-refractivity contribution in [2.75, 3.05) is 31.6 Å². The van der Waals surface area contributed by atoms with Gasteiger partial charge < -0.3 is 14.9 Å². The number of halogens is 2. The number of rotatable bonds is 8. The third-order valence-electron chi connectivity index (χ3n) is 4.79. The van der Waals surface area contributed by atoms with E-state index in [1.807, 2.05) is 0 Å². The molecule has 1 aliphatic heterocycles. The van der Waals surface area contributed by atoms with Gasteiger partial charge in [0.25, 0.3) is 5.91 Å². The van der Waals surface area contributed by atoms with Crippen LogP contribution in [0.1, 0.15) is 21.7 Å². The summed E-state index contributed by atoms with van der Waals surface area (Å²) in [5.41, 5.74) is 0.0340. The fraction of sp³-hybridized carbons (Fsp3) is 0.300. The third kappa shape index (κ3) is 5.73. The monoisotopic (exact) mass is 501 g/mol. The van der Waals surface area contributed by atoms with Crippen molar-refractivity contribution in [3.05, 3.63) is 56.3 Å². The normalized spacial score (nSPS) is 16.8. The molecule has 0 saturated carbocycles. The van der Waals surface area contributed by atoms with Crippen LogP contribution < -0.4 is 9.62 Å². The zero-order chi connectivity index (χ0) is 23.5. The molecular formula is C20H21ClFN3O5S2. The number of sulfonamides is 1. The second kappa shape index (κ2) is 10.1. The van der Waals surface area contributed by atoms with E-state index in [1.165, 1.54) is 41.5 Å². The Morgan fingerprint density at radius 3 is 2.78 bits per heavy atom.